The van der Waals surface area contributed by atoms with Gasteiger partial charge in [0.15, 0.2) is 0 Å². The summed E-state index contributed by atoms with van der Waals surface area (Å²) in [6.45, 7) is 4.25. The summed E-state index contributed by atoms with van der Waals surface area (Å²) >= 11 is 0. The van der Waals surface area contributed by atoms with E-state index in [0.29, 0.717) is 6.04 Å². The van der Waals surface area contributed by atoms with Crippen LogP contribution in [0.1, 0.15) is 13.8 Å². The molecule has 2 heterocycles. The molecule has 0 bridgehead atoms. The van der Waals surface area contributed by atoms with Crippen molar-refractivity contribution in [2.75, 3.05) is 5.32 Å². The van der Waals surface area contributed by atoms with E-state index in [-0.39, 0.29) is 0 Å². The van der Waals surface area contributed by atoms with E-state index in [0.717, 1.165) is 11.2 Å². The van der Waals surface area contributed by atoms with E-state index < -0.39 is 0 Å². The molecule has 0 aliphatic rings. The van der Waals surface area contributed by atoms with E-state index in [2.05, 4.69) is 36.3 Å². The van der Waals surface area contributed by atoms with Crippen LogP contribution in [0.4, 0.5) is 5.69 Å². The second-order valence-corrected chi connectivity index (χ2v) is 3.44. The number of aromatic nitrogens is 2. The number of hydrogen-bond donors (Lipinski definition) is 1. The molecule has 0 unspecified atom stereocenters. The second-order valence-electron chi connectivity index (χ2n) is 3.44. The number of imidazole rings is 1. The van der Waals surface area contributed by atoms with Crippen molar-refractivity contribution in [2.45, 2.75) is 19.9 Å². The zero-order chi connectivity index (χ0) is 9.26. The molecule has 0 radical (unpaired) electrons. The van der Waals surface area contributed by atoms with Gasteiger partial charge in [-0.05, 0) is 26.0 Å². The third-order valence-corrected chi connectivity index (χ3v) is 1.87. The van der Waals surface area contributed by atoms with Gasteiger partial charge in [-0.15, -0.1) is 0 Å². The molecule has 0 spiro atoms. The summed E-state index contributed by atoms with van der Waals surface area (Å²) < 4.78 is 1.99. The number of fused-ring (bicyclic) bond motifs is 1. The maximum absolute atomic E-state index is 4.06. The molecule has 2 aromatic heterocycles. The summed E-state index contributed by atoms with van der Waals surface area (Å²) in [5, 5.41) is 3.35. The SMILES string of the molecule is CC(C)Nc1ccn2cncc2c1. The fourth-order valence-corrected chi connectivity index (χ4v) is 1.34. The van der Waals surface area contributed by atoms with Crippen molar-refractivity contribution in [1.82, 2.24) is 9.38 Å². The Labute approximate surface area is 77.4 Å². The summed E-state index contributed by atoms with van der Waals surface area (Å²) in [4.78, 5) is 4.06. The molecule has 2 rings (SSSR count). The molecular weight excluding hydrogens is 162 g/mol. The fourth-order valence-electron chi connectivity index (χ4n) is 1.34. The Bertz CT molecular complexity index is 403. The van der Waals surface area contributed by atoms with Gasteiger partial charge in [0.25, 0.3) is 0 Å². The Balaban J connectivity index is 2.37. The van der Waals surface area contributed by atoms with Gasteiger partial charge < -0.3 is 9.72 Å². The third-order valence-electron chi connectivity index (χ3n) is 1.87. The summed E-state index contributed by atoms with van der Waals surface area (Å²) in [5.74, 6) is 0. The summed E-state index contributed by atoms with van der Waals surface area (Å²) in [6.07, 6.45) is 5.66. The van der Waals surface area contributed by atoms with Crippen LogP contribution in [-0.2, 0) is 0 Å². The minimum absolute atomic E-state index is 0.463. The van der Waals surface area contributed by atoms with E-state index in [1.807, 2.05) is 16.8 Å². The van der Waals surface area contributed by atoms with Gasteiger partial charge in [-0.2, -0.15) is 0 Å². The normalized spacial score (nSPS) is 11.0. The molecule has 13 heavy (non-hydrogen) atoms. The lowest BCUT2D eigenvalue weighted by Gasteiger charge is -2.09. The maximum atomic E-state index is 4.06. The first-order chi connectivity index (χ1) is 6.25. The average molecular weight is 175 g/mol. The molecule has 3 nitrogen and oxygen atoms in total. The molecule has 0 saturated carbocycles. The minimum Gasteiger partial charge on any atom is -0.383 e. The lowest BCUT2D eigenvalue weighted by atomic mass is 10.3. The Morgan fingerprint density at radius 2 is 2.31 bits per heavy atom. The van der Waals surface area contributed by atoms with Crippen LogP contribution in [0.2, 0.25) is 0 Å². The molecule has 0 aliphatic carbocycles. The Kier molecular flexibility index (Phi) is 1.93. The van der Waals surface area contributed by atoms with Gasteiger partial charge in [-0.3, -0.25) is 0 Å². The first-order valence-electron chi connectivity index (χ1n) is 4.44. The fraction of sp³-hybridized carbons (Fsp3) is 0.300. The summed E-state index contributed by atoms with van der Waals surface area (Å²) in [5.41, 5.74) is 2.26. The highest BCUT2D eigenvalue weighted by atomic mass is 15.0. The van der Waals surface area contributed by atoms with Crippen LogP contribution in [0.5, 0.6) is 0 Å². The Hall–Kier alpha value is -1.51. The first-order valence-corrected chi connectivity index (χ1v) is 4.44. The van der Waals surface area contributed by atoms with Gasteiger partial charge in [0, 0.05) is 17.9 Å². The number of pyridine rings is 1. The van der Waals surface area contributed by atoms with Crippen LogP contribution in [0.15, 0.2) is 30.9 Å². The lowest BCUT2D eigenvalue weighted by Crippen LogP contribution is -2.09. The molecule has 68 valence electrons. The molecule has 0 fully saturated rings. The monoisotopic (exact) mass is 175 g/mol. The average Bonchev–Trinajstić information content (AvgIpc) is 2.49. The predicted molar refractivity (Wildman–Crippen MR) is 54.0 cm³/mol. The molecule has 1 N–H and O–H groups in total. The second kappa shape index (κ2) is 3.09. The molecule has 0 amide bonds. The van der Waals surface area contributed by atoms with E-state index in [1.54, 1.807) is 6.33 Å². The number of rotatable bonds is 2. The molecular formula is C10H13N3. The zero-order valence-electron chi connectivity index (χ0n) is 7.86. The highest BCUT2D eigenvalue weighted by Gasteiger charge is 1.97. The van der Waals surface area contributed by atoms with Gasteiger partial charge in [-0.1, -0.05) is 0 Å². The predicted octanol–water partition coefficient (Wildman–Crippen LogP) is 2.15. The maximum Gasteiger partial charge on any atom is 0.0992 e. The molecule has 0 aromatic carbocycles. The number of nitrogens with zero attached hydrogens (tertiary/aromatic N) is 2. The first kappa shape index (κ1) is 8.10. The zero-order valence-corrected chi connectivity index (χ0v) is 7.86. The minimum atomic E-state index is 0.463. The van der Waals surface area contributed by atoms with Gasteiger partial charge in [0.2, 0.25) is 0 Å². The number of hydrogen-bond acceptors (Lipinski definition) is 2. The van der Waals surface area contributed by atoms with Crippen LogP contribution in [0.3, 0.4) is 0 Å². The third kappa shape index (κ3) is 1.64. The Morgan fingerprint density at radius 3 is 3.08 bits per heavy atom. The molecule has 0 aliphatic heterocycles. The Morgan fingerprint density at radius 1 is 1.46 bits per heavy atom. The van der Waals surface area contributed by atoms with Crippen LogP contribution >= 0.6 is 0 Å². The molecule has 3 heteroatoms. The summed E-state index contributed by atoms with van der Waals surface area (Å²) in [6, 6.07) is 4.60. The smallest absolute Gasteiger partial charge is 0.0992 e. The largest absolute Gasteiger partial charge is 0.383 e. The van der Waals surface area contributed by atoms with Gasteiger partial charge >= 0.3 is 0 Å². The standard InChI is InChI=1S/C10H13N3/c1-8(2)12-9-3-4-13-7-11-6-10(13)5-9/h3-8,12H,1-2H3. The topological polar surface area (TPSA) is 29.3 Å². The van der Waals surface area contributed by atoms with Crippen molar-refractivity contribution in [3.05, 3.63) is 30.9 Å². The van der Waals surface area contributed by atoms with Crippen LogP contribution in [0, 0.1) is 0 Å². The lowest BCUT2D eigenvalue weighted by molar-refractivity contribution is 0.899. The summed E-state index contributed by atoms with van der Waals surface area (Å²) in [7, 11) is 0. The molecule has 0 atom stereocenters. The molecule has 2 aromatic rings. The van der Waals surface area contributed by atoms with Crippen molar-refractivity contribution < 1.29 is 0 Å². The highest BCUT2D eigenvalue weighted by Crippen LogP contribution is 2.12. The van der Waals surface area contributed by atoms with Crippen LogP contribution < -0.4 is 5.32 Å². The van der Waals surface area contributed by atoms with Crippen molar-refractivity contribution in [3.63, 3.8) is 0 Å². The van der Waals surface area contributed by atoms with Crippen molar-refractivity contribution in [3.8, 4) is 0 Å². The quantitative estimate of drug-likeness (QED) is 0.757. The van der Waals surface area contributed by atoms with Gasteiger partial charge in [-0.25, -0.2) is 4.98 Å². The van der Waals surface area contributed by atoms with Crippen LogP contribution in [0.25, 0.3) is 5.52 Å². The van der Waals surface area contributed by atoms with Crippen molar-refractivity contribution in [2.24, 2.45) is 0 Å². The van der Waals surface area contributed by atoms with E-state index in [9.17, 15) is 0 Å². The van der Waals surface area contributed by atoms with E-state index >= 15 is 0 Å². The van der Waals surface area contributed by atoms with E-state index in [4.69, 9.17) is 0 Å². The van der Waals surface area contributed by atoms with E-state index in [1.165, 1.54) is 0 Å². The number of anilines is 1. The van der Waals surface area contributed by atoms with Crippen molar-refractivity contribution in [1.29, 1.82) is 0 Å². The van der Waals surface area contributed by atoms with Gasteiger partial charge in [0.1, 0.15) is 0 Å². The number of nitrogens with one attached hydrogen (secondary N) is 1. The van der Waals surface area contributed by atoms with Crippen molar-refractivity contribution >= 4 is 11.2 Å². The van der Waals surface area contributed by atoms with Gasteiger partial charge in [0.05, 0.1) is 18.0 Å². The highest BCUT2D eigenvalue weighted by molar-refractivity contribution is 5.57. The molecule has 0 saturated heterocycles. The van der Waals surface area contributed by atoms with Crippen LogP contribution in [-0.4, -0.2) is 15.4 Å².